The average molecular weight is 448 g/mol. The second kappa shape index (κ2) is 7.95. The fourth-order valence-electron chi connectivity index (χ4n) is 4.20. The molecule has 1 fully saturated rings. The molecule has 8 heteroatoms. The Morgan fingerprint density at radius 1 is 1.21 bits per heavy atom. The molecule has 0 unspecified atom stereocenters. The lowest BCUT2D eigenvalue weighted by atomic mass is 10.0. The van der Waals surface area contributed by atoms with Crippen molar-refractivity contribution in [3.8, 4) is 11.4 Å². The number of ether oxygens (including phenoxy) is 2. The number of nitrogens with zero attached hydrogens (tertiary/aromatic N) is 4. The summed E-state index contributed by atoms with van der Waals surface area (Å²) in [5.74, 6) is 1.63. The van der Waals surface area contributed by atoms with E-state index in [1.54, 1.807) is 25.6 Å². The maximum atomic E-state index is 13.5. The fraction of sp³-hybridized carbons (Fsp3) is 0.280. The molecular weight excluding hydrogens is 423 g/mol. The summed E-state index contributed by atoms with van der Waals surface area (Å²) in [4.78, 5) is 12.2. The summed E-state index contributed by atoms with van der Waals surface area (Å²) in [7, 11) is 1.64. The van der Waals surface area contributed by atoms with Gasteiger partial charge in [0, 0.05) is 18.7 Å². The van der Waals surface area contributed by atoms with E-state index < -0.39 is 5.72 Å². The quantitative estimate of drug-likeness (QED) is 0.584. The van der Waals surface area contributed by atoms with Crippen LogP contribution in [0.25, 0.3) is 11.8 Å². The molecule has 1 saturated heterocycles. The summed E-state index contributed by atoms with van der Waals surface area (Å²) in [5, 5.41) is 4.34. The Morgan fingerprint density at radius 2 is 2.00 bits per heavy atom. The van der Waals surface area contributed by atoms with Gasteiger partial charge in [-0.1, -0.05) is 23.4 Å². The smallest absolute Gasteiger partial charge is 0.234 e. The number of methoxy groups -OCH3 is 1. The van der Waals surface area contributed by atoms with Crippen molar-refractivity contribution in [2.75, 3.05) is 13.7 Å². The summed E-state index contributed by atoms with van der Waals surface area (Å²) in [6.07, 6.45) is 5.54. The molecular formula is C25H25FN4O3. The lowest BCUT2D eigenvalue weighted by Gasteiger charge is -2.39. The number of oxime groups is 1. The maximum absolute atomic E-state index is 13.5. The Balaban J connectivity index is 1.48. The molecule has 3 aromatic rings. The van der Waals surface area contributed by atoms with Gasteiger partial charge in [0.25, 0.3) is 0 Å². The molecule has 2 atom stereocenters. The van der Waals surface area contributed by atoms with Crippen LogP contribution < -0.4 is 4.74 Å². The van der Waals surface area contributed by atoms with Crippen LogP contribution in [0.1, 0.15) is 30.7 Å². The van der Waals surface area contributed by atoms with E-state index in [4.69, 9.17) is 14.3 Å². The molecule has 0 bridgehead atoms. The van der Waals surface area contributed by atoms with Crippen LogP contribution in [-0.2, 0) is 15.3 Å². The SMILES string of the molecule is COc1cc(/C=C2\O[C@@H](C)CN3C2=NO[C@]3(C)c2ccc(F)cc2)ccc1-n1cnc(C)c1. The number of aryl methyl sites for hydroxylation is 1. The summed E-state index contributed by atoms with van der Waals surface area (Å²) < 4.78 is 27.2. The number of halogens is 1. The van der Waals surface area contributed by atoms with Crippen LogP contribution in [0, 0.1) is 12.7 Å². The first-order chi connectivity index (χ1) is 15.9. The van der Waals surface area contributed by atoms with Crippen LogP contribution in [-0.4, -0.2) is 40.0 Å². The van der Waals surface area contributed by atoms with E-state index in [0.29, 0.717) is 23.9 Å². The predicted octanol–water partition coefficient (Wildman–Crippen LogP) is 4.61. The molecule has 170 valence electrons. The van der Waals surface area contributed by atoms with Crippen LogP contribution in [0.4, 0.5) is 4.39 Å². The van der Waals surface area contributed by atoms with Gasteiger partial charge >= 0.3 is 0 Å². The molecule has 0 amide bonds. The van der Waals surface area contributed by atoms with E-state index in [1.165, 1.54) is 12.1 Å². The van der Waals surface area contributed by atoms with Crippen LogP contribution in [0.3, 0.4) is 0 Å². The van der Waals surface area contributed by atoms with Gasteiger partial charge in [0.15, 0.2) is 5.76 Å². The molecule has 0 N–H and O–H groups in total. The molecule has 0 saturated carbocycles. The van der Waals surface area contributed by atoms with Gasteiger partial charge in [-0.15, -0.1) is 0 Å². The molecule has 2 aliphatic heterocycles. The highest BCUT2D eigenvalue weighted by molar-refractivity contribution is 6.01. The number of hydrogen-bond acceptors (Lipinski definition) is 6. The molecule has 33 heavy (non-hydrogen) atoms. The van der Waals surface area contributed by atoms with Crippen molar-refractivity contribution in [1.29, 1.82) is 0 Å². The first-order valence-corrected chi connectivity index (χ1v) is 10.7. The van der Waals surface area contributed by atoms with Crippen LogP contribution in [0.15, 0.2) is 65.9 Å². The van der Waals surface area contributed by atoms with E-state index in [-0.39, 0.29) is 11.9 Å². The van der Waals surface area contributed by atoms with Crippen molar-refractivity contribution in [3.05, 3.63) is 83.4 Å². The van der Waals surface area contributed by atoms with Crippen LogP contribution in [0.5, 0.6) is 5.75 Å². The van der Waals surface area contributed by atoms with Crippen molar-refractivity contribution in [3.63, 3.8) is 0 Å². The number of morpholine rings is 1. The fourth-order valence-corrected chi connectivity index (χ4v) is 4.20. The monoisotopic (exact) mass is 448 g/mol. The number of amidine groups is 1. The third-order valence-electron chi connectivity index (χ3n) is 5.94. The Bertz CT molecular complexity index is 1250. The Labute approximate surface area is 191 Å². The zero-order chi connectivity index (χ0) is 23.2. The number of imidazole rings is 1. The highest BCUT2D eigenvalue weighted by Crippen LogP contribution is 2.39. The van der Waals surface area contributed by atoms with Crippen molar-refractivity contribution in [2.24, 2.45) is 5.16 Å². The van der Waals surface area contributed by atoms with E-state index in [1.807, 2.05) is 55.8 Å². The minimum Gasteiger partial charge on any atom is -0.495 e. The minimum absolute atomic E-state index is 0.0910. The van der Waals surface area contributed by atoms with Gasteiger partial charge in [-0.25, -0.2) is 9.37 Å². The summed E-state index contributed by atoms with van der Waals surface area (Å²) >= 11 is 0. The third kappa shape index (κ3) is 3.71. The van der Waals surface area contributed by atoms with Gasteiger partial charge in [-0.3, -0.25) is 0 Å². The Morgan fingerprint density at radius 3 is 2.70 bits per heavy atom. The van der Waals surface area contributed by atoms with Crippen molar-refractivity contribution in [2.45, 2.75) is 32.6 Å². The zero-order valence-corrected chi connectivity index (χ0v) is 18.9. The Kier molecular flexibility index (Phi) is 5.08. The zero-order valence-electron chi connectivity index (χ0n) is 18.9. The molecule has 0 radical (unpaired) electrons. The number of benzene rings is 2. The second-order valence-corrected chi connectivity index (χ2v) is 8.40. The molecule has 3 heterocycles. The highest BCUT2D eigenvalue weighted by Gasteiger charge is 2.48. The van der Waals surface area contributed by atoms with Crippen molar-refractivity contribution < 1.29 is 18.7 Å². The molecule has 5 rings (SSSR count). The predicted molar refractivity (Wildman–Crippen MR) is 122 cm³/mol. The average Bonchev–Trinajstić information content (AvgIpc) is 3.38. The van der Waals surface area contributed by atoms with Gasteiger partial charge in [0.2, 0.25) is 11.6 Å². The number of aromatic nitrogens is 2. The number of rotatable bonds is 4. The van der Waals surface area contributed by atoms with E-state index in [0.717, 1.165) is 22.5 Å². The normalized spacial score (nSPS) is 23.1. The first kappa shape index (κ1) is 21.1. The third-order valence-corrected chi connectivity index (χ3v) is 5.94. The second-order valence-electron chi connectivity index (χ2n) is 8.40. The van der Waals surface area contributed by atoms with Crippen molar-refractivity contribution in [1.82, 2.24) is 14.5 Å². The van der Waals surface area contributed by atoms with Crippen molar-refractivity contribution >= 4 is 11.9 Å². The van der Waals surface area contributed by atoms with E-state index in [9.17, 15) is 4.39 Å². The van der Waals surface area contributed by atoms with Gasteiger partial charge in [-0.05, 0) is 49.8 Å². The summed E-state index contributed by atoms with van der Waals surface area (Å²) in [5.41, 5.74) is 2.69. The molecule has 2 aromatic carbocycles. The molecule has 1 aromatic heterocycles. The highest BCUT2D eigenvalue weighted by atomic mass is 19.1. The van der Waals surface area contributed by atoms with E-state index in [2.05, 4.69) is 15.0 Å². The molecule has 2 aliphatic rings. The summed E-state index contributed by atoms with van der Waals surface area (Å²) in [6.45, 7) is 6.46. The number of fused-ring (bicyclic) bond motifs is 1. The standard InChI is InChI=1S/C25H25FN4O3/c1-16-13-29(15-27-16)21-10-5-18(11-22(21)31-4)12-23-24-28-33-25(3,30(24)14-17(2)32-23)19-6-8-20(26)9-7-19/h5-13,15,17H,14H2,1-4H3/b23-12-/t17-,25+/m0/s1. The van der Waals surface area contributed by atoms with Gasteiger partial charge in [0.05, 0.1) is 31.4 Å². The first-order valence-electron chi connectivity index (χ1n) is 10.7. The molecule has 7 nitrogen and oxygen atoms in total. The van der Waals surface area contributed by atoms with Gasteiger partial charge in [-0.2, -0.15) is 0 Å². The maximum Gasteiger partial charge on any atom is 0.234 e. The lowest BCUT2D eigenvalue weighted by molar-refractivity contribution is -0.104. The minimum atomic E-state index is -0.846. The molecule has 0 spiro atoms. The Hall–Kier alpha value is -3.81. The lowest BCUT2D eigenvalue weighted by Crippen LogP contribution is -2.51. The van der Waals surface area contributed by atoms with E-state index >= 15 is 0 Å². The van der Waals surface area contributed by atoms with Gasteiger partial charge < -0.3 is 23.8 Å². The largest absolute Gasteiger partial charge is 0.495 e. The number of hydrogen-bond donors (Lipinski definition) is 0. The van der Waals surface area contributed by atoms with Crippen LogP contribution in [0.2, 0.25) is 0 Å². The van der Waals surface area contributed by atoms with Gasteiger partial charge in [0.1, 0.15) is 17.7 Å². The molecule has 0 aliphatic carbocycles. The topological polar surface area (TPSA) is 61.1 Å². The van der Waals surface area contributed by atoms with Crippen LogP contribution >= 0.6 is 0 Å². The summed E-state index contributed by atoms with van der Waals surface area (Å²) in [6, 6.07) is 12.2.